The predicted octanol–water partition coefficient (Wildman–Crippen LogP) is 3.63. The summed E-state index contributed by atoms with van der Waals surface area (Å²) in [5.41, 5.74) is 3.57. The molecule has 0 spiro atoms. The van der Waals surface area contributed by atoms with Gasteiger partial charge in [-0.2, -0.15) is 18.3 Å². The van der Waals surface area contributed by atoms with E-state index in [1.165, 1.54) is 12.3 Å². The third kappa shape index (κ3) is 5.63. The van der Waals surface area contributed by atoms with Crippen LogP contribution in [0.4, 0.5) is 24.0 Å². The molecule has 2 heterocycles. The summed E-state index contributed by atoms with van der Waals surface area (Å²) >= 11 is 0.912. The maximum atomic E-state index is 13.6. The molecule has 0 fully saturated rings. The first-order valence-electron chi connectivity index (χ1n) is 10.9. The number of carbonyl (C=O) groups excluding carboxylic acids is 3. The van der Waals surface area contributed by atoms with Gasteiger partial charge in [-0.05, 0) is 38.1 Å². The van der Waals surface area contributed by atoms with Gasteiger partial charge in [0, 0.05) is 29.6 Å². The van der Waals surface area contributed by atoms with E-state index >= 15 is 0 Å². The number of aromatic amines is 1. The lowest BCUT2D eigenvalue weighted by atomic mass is 10.0. The van der Waals surface area contributed by atoms with Gasteiger partial charge in [0.1, 0.15) is 5.54 Å². The smallest absolute Gasteiger partial charge is 0.372 e. The first-order valence-corrected chi connectivity index (χ1v) is 11.8. The van der Waals surface area contributed by atoms with Crippen LogP contribution in [0.25, 0.3) is 21.1 Å². The Morgan fingerprint density at radius 1 is 1.16 bits per heavy atom. The van der Waals surface area contributed by atoms with Crippen LogP contribution in [0.5, 0.6) is 0 Å². The fourth-order valence-corrected chi connectivity index (χ4v) is 4.56. The Labute approximate surface area is 211 Å². The number of amides is 3. The Morgan fingerprint density at radius 3 is 2.62 bits per heavy atom. The molecule has 0 aliphatic carbocycles. The number of hydrogen-bond donors (Lipinski definition) is 5. The van der Waals surface area contributed by atoms with Gasteiger partial charge in [-0.15, -0.1) is 0 Å². The van der Waals surface area contributed by atoms with Crippen LogP contribution in [-0.2, 0) is 15.8 Å². The molecule has 0 radical (unpaired) electrons. The van der Waals surface area contributed by atoms with Crippen molar-refractivity contribution < 1.29 is 27.6 Å². The number of fused-ring (bicyclic) bond motifs is 3. The molecule has 2 aromatic carbocycles. The average molecular weight is 534 g/mol. The lowest BCUT2D eigenvalue weighted by Gasteiger charge is -2.26. The highest BCUT2D eigenvalue weighted by atomic mass is 32.1. The van der Waals surface area contributed by atoms with Crippen LogP contribution in [0.2, 0.25) is 0 Å². The summed E-state index contributed by atoms with van der Waals surface area (Å²) in [6, 6.07) is 7.30. The number of benzene rings is 2. The fraction of sp³-hybridized carbons (Fsp3) is 0.261. The summed E-state index contributed by atoms with van der Waals surface area (Å²) in [6.45, 7) is 3.23. The molecule has 0 saturated heterocycles. The SMILES string of the molecule is CC(C)(Nc1cccc(C(=O)NCCC(N)=O)c1)C(=O)Nc1nc2c(C(F)(F)F)cc3[nH]ncc3c2s1. The second kappa shape index (κ2) is 9.69. The van der Waals surface area contributed by atoms with Crippen LogP contribution in [-0.4, -0.2) is 45.0 Å². The highest BCUT2D eigenvalue weighted by Gasteiger charge is 2.36. The highest BCUT2D eigenvalue weighted by Crippen LogP contribution is 2.41. The second-order valence-corrected chi connectivity index (χ2v) is 9.71. The number of halogens is 3. The zero-order chi connectivity index (χ0) is 27.0. The van der Waals surface area contributed by atoms with E-state index in [1.54, 1.807) is 32.0 Å². The summed E-state index contributed by atoms with van der Waals surface area (Å²) in [6.07, 6.45) is -3.24. The summed E-state index contributed by atoms with van der Waals surface area (Å²) in [5, 5.41) is 15.0. The maximum Gasteiger partial charge on any atom is 0.418 e. The van der Waals surface area contributed by atoms with Gasteiger partial charge >= 0.3 is 6.18 Å². The third-order valence-electron chi connectivity index (χ3n) is 5.42. The second-order valence-electron chi connectivity index (χ2n) is 8.71. The van der Waals surface area contributed by atoms with Crippen LogP contribution >= 0.6 is 11.3 Å². The number of carbonyl (C=O) groups is 3. The number of nitrogens with zero attached hydrogens (tertiary/aromatic N) is 2. The number of primary amides is 1. The predicted molar refractivity (Wildman–Crippen MR) is 133 cm³/mol. The van der Waals surface area contributed by atoms with Crippen molar-refractivity contribution in [3.8, 4) is 0 Å². The molecule has 4 aromatic rings. The molecule has 3 amide bonds. The van der Waals surface area contributed by atoms with Gasteiger partial charge in [0.2, 0.25) is 5.91 Å². The lowest BCUT2D eigenvalue weighted by molar-refractivity contribution is -0.136. The van der Waals surface area contributed by atoms with Crippen LogP contribution < -0.4 is 21.7 Å². The van der Waals surface area contributed by atoms with Gasteiger partial charge in [-0.1, -0.05) is 17.4 Å². The summed E-state index contributed by atoms with van der Waals surface area (Å²) in [5.74, 6) is -1.52. The molecular formula is C23H22F3N7O3S. The van der Waals surface area contributed by atoms with Crippen LogP contribution in [0.15, 0.2) is 36.5 Å². The zero-order valence-electron chi connectivity index (χ0n) is 19.6. The van der Waals surface area contributed by atoms with Gasteiger partial charge < -0.3 is 16.4 Å². The van der Waals surface area contributed by atoms with Crippen molar-refractivity contribution in [1.29, 1.82) is 0 Å². The topological polar surface area (TPSA) is 155 Å². The summed E-state index contributed by atoms with van der Waals surface area (Å²) in [4.78, 5) is 40.3. The van der Waals surface area contributed by atoms with Crippen molar-refractivity contribution in [1.82, 2.24) is 20.5 Å². The first kappa shape index (κ1) is 25.9. The number of aromatic nitrogens is 3. The molecule has 10 nitrogen and oxygen atoms in total. The van der Waals surface area contributed by atoms with E-state index in [0.717, 1.165) is 17.4 Å². The zero-order valence-corrected chi connectivity index (χ0v) is 20.4. The van der Waals surface area contributed by atoms with Crippen molar-refractivity contribution in [2.24, 2.45) is 5.73 Å². The molecule has 0 unspecified atom stereocenters. The minimum absolute atomic E-state index is 0.000763. The third-order valence-corrected chi connectivity index (χ3v) is 6.42. The Morgan fingerprint density at radius 2 is 1.92 bits per heavy atom. The molecule has 0 bridgehead atoms. The van der Waals surface area contributed by atoms with Gasteiger partial charge in [0.05, 0.1) is 27.5 Å². The van der Waals surface area contributed by atoms with E-state index < -0.39 is 35.0 Å². The number of alkyl halides is 3. The number of nitrogens with one attached hydrogen (secondary N) is 4. The highest BCUT2D eigenvalue weighted by molar-refractivity contribution is 7.23. The number of anilines is 2. The van der Waals surface area contributed by atoms with Crippen molar-refractivity contribution >= 4 is 61.0 Å². The van der Waals surface area contributed by atoms with Crippen LogP contribution in [0.3, 0.4) is 0 Å². The Kier molecular flexibility index (Phi) is 6.78. The number of H-pyrrole nitrogens is 1. The molecule has 4 rings (SSSR count). The van der Waals surface area contributed by atoms with Crippen molar-refractivity contribution in [2.45, 2.75) is 32.0 Å². The molecule has 6 N–H and O–H groups in total. The van der Waals surface area contributed by atoms with E-state index in [-0.39, 0.29) is 33.8 Å². The molecular weight excluding hydrogens is 511 g/mol. The number of rotatable bonds is 8. The van der Waals surface area contributed by atoms with Gasteiger partial charge in [-0.25, -0.2) is 4.98 Å². The molecule has 0 aliphatic heterocycles. The molecule has 0 atom stereocenters. The summed E-state index contributed by atoms with van der Waals surface area (Å²) < 4.78 is 41.1. The molecule has 14 heteroatoms. The number of hydrogen-bond acceptors (Lipinski definition) is 7. The summed E-state index contributed by atoms with van der Waals surface area (Å²) in [7, 11) is 0. The Hall–Kier alpha value is -4.20. The van der Waals surface area contributed by atoms with Gasteiger partial charge in [-0.3, -0.25) is 24.8 Å². The fourth-order valence-electron chi connectivity index (χ4n) is 3.57. The normalized spacial score (nSPS) is 12.0. The van der Waals surface area contributed by atoms with Crippen molar-refractivity contribution in [2.75, 3.05) is 17.2 Å². The monoisotopic (exact) mass is 533 g/mol. The van der Waals surface area contributed by atoms with Crippen molar-refractivity contribution in [3.63, 3.8) is 0 Å². The van der Waals surface area contributed by atoms with E-state index in [9.17, 15) is 27.6 Å². The lowest BCUT2D eigenvalue weighted by Crippen LogP contribution is -2.44. The van der Waals surface area contributed by atoms with Gasteiger partial charge in [0.15, 0.2) is 5.13 Å². The van der Waals surface area contributed by atoms with E-state index in [2.05, 4.69) is 31.1 Å². The average Bonchev–Trinajstić information content (AvgIpc) is 3.43. The minimum Gasteiger partial charge on any atom is -0.372 e. The molecule has 194 valence electrons. The van der Waals surface area contributed by atoms with Crippen LogP contribution in [0, 0.1) is 0 Å². The Balaban J connectivity index is 1.53. The number of nitrogens with two attached hydrogens (primary N) is 1. The Bertz CT molecular complexity index is 1510. The maximum absolute atomic E-state index is 13.6. The standard InChI is InChI=1S/C23H22F3N7O3S/c1-22(2,32-12-5-3-4-11(8-12)19(35)28-7-6-16(27)34)20(36)31-21-30-17-14(23(24,25)26)9-15-13(10-29-33-15)18(17)37-21/h3-5,8-10,32H,6-7H2,1-2H3,(H2,27,34)(H,28,35)(H,29,33)(H,30,31,36). The van der Waals surface area contributed by atoms with Crippen molar-refractivity contribution in [3.05, 3.63) is 47.7 Å². The first-order chi connectivity index (χ1) is 17.3. The van der Waals surface area contributed by atoms with E-state index in [0.29, 0.717) is 16.6 Å². The van der Waals surface area contributed by atoms with Crippen LogP contribution in [0.1, 0.15) is 36.2 Å². The quantitative estimate of drug-likeness (QED) is 0.233. The minimum atomic E-state index is -4.65. The van der Waals surface area contributed by atoms with E-state index in [1.807, 2.05) is 0 Å². The molecule has 37 heavy (non-hydrogen) atoms. The van der Waals surface area contributed by atoms with E-state index in [4.69, 9.17) is 5.73 Å². The van der Waals surface area contributed by atoms with Gasteiger partial charge in [0.25, 0.3) is 11.8 Å². The molecule has 2 aromatic heterocycles. The molecule has 0 aliphatic rings. The number of thiazole rings is 1. The molecule has 0 saturated carbocycles. The largest absolute Gasteiger partial charge is 0.418 e.